The second-order valence-electron chi connectivity index (χ2n) is 5.57. The van der Waals surface area contributed by atoms with Crippen molar-refractivity contribution < 1.29 is 4.79 Å². The highest BCUT2D eigenvalue weighted by atomic mass is 16.1. The average molecular weight is 263 g/mol. The van der Waals surface area contributed by atoms with E-state index in [1.54, 1.807) is 0 Å². The number of hydrogen-bond acceptors (Lipinski definition) is 4. The Bertz CT molecular complexity index is 458. The largest absolute Gasteiger partial charge is 0.382 e. The van der Waals surface area contributed by atoms with Crippen molar-refractivity contribution in [1.82, 2.24) is 20.0 Å². The molecule has 0 bridgehead atoms. The second-order valence-corrected chi connectivity index (χ2v) is 5.57. The van der Waals surface area contributed by atoms with E-state index in [1.807, 2.05) is 16.9 Å². The summed E-state index contributed by atoms with van der Waals surface area (Å²) >= 11 is 0. The monoisotopic (exact) mass is 263 g/mol. The van der Waals surface area contributed by atoms with E-state index in [9.17, 15) is 4.79 Å². The van der Waals surface area contributed by atoms with Gasteiger partial charge in [0, 0.05) is 38.3 Å². The Hall–Kier alpha value is -1.56. The molecule has 2 fully saturated rings. The minimum absolute atomic E-state index is 0.224. The van der Waals surface area contributed by atoms with Crippen LogP contribution < -0.4 is 11.1 Å². The molecule has 2 atom stereocenters. The maximum Gasteiger partial charge on any atom is 0.220 e. The van der Waals surface area contributed by atoms with Crippen LogP contribution in [0.2, 0.25) is 0 Å². The summed E-state index contributed by atoms with van der Waals surface area (Å²) in [6.07, 6.45) is 4.70. The Kier molecular flexibility index (Phi) is 3.42. The molecular weight excluding hydrogens is 242 g/mol. The summed E-state index contributed by atoms with van der Waals surface area (Å²) in [4.78, 5) is 13.8. The van der Waals surface area contributed by atoms with Crippen molar-refractivity contribution in [2.24, 2.45) is 5.92 Å². The summed E-state index contributed by atoms with van der Waals surface area (Å²) in [6, 6.07) is 2.22. The summed E-state index contributed by atoms with van der Waals surface area (Å²) in [7, 11) is 0. The van der Waals surface area contributed by atoms with Gasteiger partial charge in [0.25, 0.3) is 0 Å². The number of nitrogens with zero attached hydrogens (tertiary/aromatic N) is 3. The van der Waals surface area contributed by atoms with Gasteiger partial charge in [-0.2, -0.15) is 5.10 Å². The summed E-state index contributed by atoms with van der Waals surface area (Å²) in [5, 5.41) is 7.31. The van der Waals surface area contributed by atoms with Crippen molar-refractivity contribution in [3.8, 4) is 0 Å². The van der Waals surface area contributed by atoms with Crippen molar-refractivity contribution in [1.29, 1.82) is 0 Å². The van der Waals surface area contributed by atoms with Gasteiger partial charge >= 0.3 is 0 Å². The second kappa shape index (κ2) is 5.21. The number of carbonyl (C=O) groups excluding carboxylic acids is 1. The standard InChI is InChI=1S/C13H21N5O/c14-12-4-6-18(16-12)8-7-17-5-3-11-10(9-17)1-2-13(19)15-11/h4,6,10-11H,1-3,5,7-9H2,(H2,14,16)(H,15,19). The number of carbonyl (C=O) groups is 1. The number of rotatable bonds is 3. The summed E-state index contributed by atoms with van der Waals surface area (Å²) in [5.74, 6) is 1.42. The van der Waals surface area contributed by atoms with Crippen LogP contribution in [0.1, 0.15) is 19.3 Å². The highest BCUT2D eigenvalue weighted by Gasteiger charge is 2.33. The molecule has 104 valence electrons. The lowest BCUT2D eigenvalue weighted by Crippen LogP contribution is -2.54. The first-order valence-electron chi connectivity index (χ1n) is 7.01. The van der Waals surface area contributed by atoms with E-state index in [0.717, 1.165) is 39.0 Å². The molecule has 3 heterocycles. The van der Waals surface area contributed by atoms with Crippen LogP contribution in [0.25, 0.3) is 0 Å². The SMILES string of the molecule is Nc1ccn(CCN2CCC3NC(=O)CCC3C2)n1. The first-order valence-corrected chi connectivity index (χ1v) is 7.01. The van der Waals surface area contributed by atoms with Crippen LogP contribution in [0.3, 0.4) is 0 Å². The summed E-state index contributed by atoms with van der Waals surface area (Å²) in [5.41, 5.74) is 5.60. The van der Waals surface area contributed by atoms with Crippen molar-refractivity contribution in [2.45, 2.75) is 31.8 Å². The van der Waals surface area contributed by atoms with Crippen molar-refractivity contribution >= 4 is 11.7 Å². The van der Waals surface area contributed by atoms with Crippen LogP contribution in [0.5, 0.6) is 0 Å². The van der Waals surface area contributed by atoms with Gasteiger partial charge < -0.3 is 16.0 Å². The number of amides is 1. The van der Waals surface area contributed by atoms with Crippen LogP contribution in [-0.4, -0.2) is 46.3 Å². The lowest BCUT2D eigenvalue weighted by atomic mass is 9.85. The zero-order valence-electron chi connectivity index (χ0n) is 11.1. The van der Waals surface area contributed by atoms with Crippen molar-refractivity contribution in [3.05, 3.63) is 12.3 Å². The predicted octanol–water partition coefficient (Wildman–Crippen LogP) is 0.0658. The number of aromatic nitrogens is 2. The van der Waals surface area contributed by atoms with Crippen LogP contribution >= 0.6 is 0 Å². The van der Waals surface area contributed by atoms with E-state index in [1.165, 1.54) is 0 Å². The molecular formula is C13H21N5O. The van der Waals surface area contributed by atoms with Crippen LogP contribution in [0, 0.1) is 5.92 Å². The Morgan fingerprint density at radius 3 is 3.11 bits per heavy atom. The smallest absolute Gasteiger partial charge is 0.220 e. The molecule has 0 radical (unpaired) electrons. The highest BCUT2D eigenvalue weighted by molar-refractivity contribution is 5.77. The van der Waals surface area contributed by atoms with E-state index in [4.69, 9.17) is 5.73 Å². The molecule has 1 amide bonds. The molecule has 0 aromatic carbocycles. The van der Waals surface area contributed by atoms with Gasteiger partial charge in [0.15, 0.2) is 0 Å². The highest BCUT2D eigenvalue weighted by Crippen LogP contribution is 2.25. The lowest BCUT2D eigenvalue weighted by Gasteiger charge is -2.41. The van der Waals surface area contributed by atoms with Gasteiger partial charge in [-0.05, 0) is 24.8 Å². The molecule has 3 N–H and O–H groups in total. The molecule has 2 aliphatic rings. The molecule has 6 nitrogen and oxygen atoms in total. The zero-order chi connectivity index (χ0) is 13.2. The number of fused-ring (bicyclic) bond motifs is 1. The molecule has 0 aliphatic carbocycles. The molecule has 6 heteroatoms. The van der Waals surface area contributed by atoms with E-state index in [0.29, 0.717) is 24.2 Å². The quantitative estimate of drug-likeness (QED) is 0.809. The summed E-state index contributed by atoms with van der Waals surface area (Å²) in [6.45, 7) is 4.01. The van der Waals surface area contributed by atoms with Gasteiger partial charge in [-0.15, -0.1) is 0 Å². The Balaban J connectivity index is 1.50. The number of nitrogens with one attached hydrogen (secondary N) is 1. The average Bonchev–Trinajstić information content (AvgIpc) is 2.82. The number of likely N-dealkylation sites (tertiary alicyclic amines) is 1. The minimum atomic E-state index is 0.224. The van der Waals surface area contributed by atoms with Gasteiger partial charge in [-0.3, -0.25) is 9.48 Å². The molecule has 1 aromatic heterocycles. The lowest BCUT2D eigenvalue weighted by molar-refractivity contribution is -0.125. The molecule has 1 aromatic rings. The van der Waals surface area contributed by atoms with Crippen LogP contribution in [0.4, 0.5) is 5.82 Å². The number of nitrogen functional groups attached to an aromatic ring is 1. The Morgan fingerprint density at radius 2 is 2.32 bits per heavy atom. The first kappa shape index (κ1) is 12.5. The van der Waals surface area contributed by atoms with Crippen molar-refractivity contribution in [3.63, 3.8) is 0 Å². The van der Waals surface area contributed by atoms with Crippen LogP contribution in [0.15, 0.2) is 12.3 Å². The normalized spacial score (nSPS) is 27.9. The fraction of sp³-hybridized carbons (Fsp3) is 0.692. The van der Waals surface area contributed by atoms with Gasteiger partial charge in [0.05, 0.1) is 6.54 Å². The number of nitrogens with two attached hydrogens (primary N) is 1. The number of anilines is 1. The Labute approximate surface area is 112 Å². The molecule has 0 spiro atoms. The van der Waals surface area contributed by atoms with Crippen molar-refractivity contribution in [2.75, 3.05) is 25.4 Å². The Morgan fingerprint density at radius 1 is 1.42 bits per heavy atom. The predicted molar refractivity (Wildman–Crippen MR) is 72.4 cm³/mol. The van der Waals surface area contributed by atoms with Gasteiger partial charge in [-0.1, -0.05) is 0 Å². The fourth-order valence-electron chi connectivity index (χ4n) is 3.13. The van der Waals surface area contributed by atoms with Gasteiger partial charge in [0.2, 0.25) is 5.91 Å². The molecule has 0 saturated carbocycles. The topological polar surface area (TPSA) is 76.2 Å². The molecule has 2 unspecified atom stereocenters. The molecule has 2 saturated heterocycles. The third kappa shape index (κ3) is 2.89. The summed E-state index contributed by atoms with van der Waals surface area (Å²) < 4.78 is 1.89. The third-order valence-electron chi connectivity index (χ3n) is 4.21. The first-order chi connectivity index (χ1) is 9.20. The van der Waals surface area contributed by atoms with E-state index in [-0.39, 0.29) is 5.91 Å². The third-order valence-corrected chi connectivity index (χ3v) is 4.21. The zero-order valence-corrected chi connectivity index (χ0v) is 11.1. The van der Waals surface area contributed by atoms with E-state index in [2.05, 4.69) is 15.3 Å². The molecule has 19 heavy (non-hydrogen) atoms. The van der Waals surface area contributed by atoms with Gasteiger partial charge in [-0.25, -0.2) is 0 Å². The number of hydrogen-bond donors (Lipinski definition) is 2. The van der Waals surface area contributed by atoms with E-state index < -0.39 is 0 Å². The molecule has 2 aliphatic heterocycles. The molecule has 3 rings (SSSR count). The fourth-order valence-corrected chi connectivity index (χ4v) is 3.13. The number of piperidine rings is 2. The van der Waals surface area contributed by atoms with Crippen LogP contribution in [-0.2, 0) is 11.3 Å². The minimum Gasteiger partial charge on any atom is -0.382 e. The van der Waals surface area contributed by atoms with E-state index >= 15 is 0 Å². The maximum absolute atomic E-state index is 11.4. The van der Waals surface area contributed by atoms with Gasteiger partial charge in [0.1, 0.15) is 5.82 Å². The maximum atomic E-state index is 11.4.